The zero-order valence-electron chi connectivity index (χ0n) is 22.5. The Hall–Kier alpha value is -3.41. The number of carbonyl (C=O) groups is 2. The highest BCUT2D eigenvalue weighted by molar-refractivity contribution is 5.92. The molecule has 6 heteroatoms. The van der Waals surface area contributed by atoms with Gasteiger partial charge in [-0.2, -0.15) is 0 Å². The minimum atomic E-state index is -0.346. The summed E-state index contributed by atoms with van der Waals surface area (Å²) in [5.41, 5.74) is 2.75. The van der Waals surface area contributed by atoms with Crippen molar-refractivity contribution in [2.24, 2.45) is 0 Å². The van der Waals surface area contributed by atoms with Gasteiger partial charge in [0.1, 0.15) is 12.4 Å². The minimum absolute atomic E-state index is 0.183. The van der Waals surface area contributed by atoms with Gasteiger partial charge >= 0.3 is 0 Å². The van der Waals surface area contributed by atoms with Crippen LogP contribution in [-0.4, -0.2) is 38.3 Å². The number of amides is 2. The van der Waals surface area contributed by atoms with Crippen LogP contribution in [0.1, 0.15) is 88.6 Å². The van der Waals surface area contributed by atoms with E-state index in [4.69, 9.17) is 4.98 Å². The van der Waals surface area contributed by atoms with Crippen molar-refractivity contribution in [2.45, 2.75) is 95.8 Å². The van der Waals surface area contributed by atoms with Crippen LogP contribution < -0.4 is 5.32 Å². The Bertz CT molecular complexity index is 1230. The third-order valence-corrected chi connectivity index (χ3v) is 8.17. The number of imidazole rings is 1. The van der Waals surface area contributed by atoms with Gasteiger partial charge in [-0.25, -0.2) is 4.98 Å². The van der Waals surface area contributed by atoms with E-state index in [0.717, 1.165) is 42.3 Å². The Labute approximate surface area is 226 Å². The largest absolute Gasteiger partial charge is 0.343 e. The molecule has 2 aliphatic rings. The van der Waals surface area contributed by atoms with Crippen LogP contribution in [0.15, 0.2) is 60.7 Å². The van der Waals surface area contributed by atoms with Gasteiger partial charge in [0.25, 0.3) is 0 Å². The summed E-state index contributed by atoms with van der Waals surface area (Å²) < 4.78 is 2.03. The first-order valence-corrected chi connectivity index (χ1v) is 14.4. The number of hydrogen-bond donors (Lipinski definition) is 1. The molecule has 0 saturated heterocycles. The van der Waals surface area contributed by atoms with E-state index >= 15 is 0 Å². The lowest BCUT2D eigenvalue weighted by molar-refractivity contribution is -0.138. The number of rotatable bonds is 8. The maximum absolute atomic E-state index is 14.1. The summed E-state index contributed by atoms with van der Waals surface area (Å²) in [7, 11) is 0. The first-order chi connectivity index (χ1) is 18.6. The number of benzene rings is 2. The zero-order valence-corrected chi connectivity index (χ0v) is 22.5. The number of nitrogens with one attached hydrogen (secondary N) is 1. The summed E-state index contributed by atoms with van der Waals surface area (Å²) in [6, 6.07) is 18.1. The van der Waals surface area contributed by atoms with Gasteiger partial charge in [0.15, 0.2) is 0 Å². The van der Waals surface area contributed by atoms with Crippen LogP contribution in [0.4, 0.5) is 0 Å². The van der Waals surface area contributed by atoms with Crippen molar-refractivity contribution in [3.05, 3.63) is 72.1 Å². The molecular formula is C32H40N4O2. The average molecular weight is 513 g/mol. The number of fused-ring (bicyclic) bond motifs is 1. The second kappa shape index (κ2) is 12.4. The van der Waals surface area contributed by atoms with Crippen molar-refractivity contribution < 1.29 is 9.59 Å². The van der Waals surface area contributed by atoms with Crippen LogP contribution in [-0.2, 0) is 16.1 Å². The van der Waals surface area contributed by atoms with Crippen molar-refractivity contribution >= 4 is 28.9 Å². The van der Waals surface area contributed by atoms with Crippen LogP contribution >= 0.6 is 0 Å². The molecule has 0 bridgehead atoms. The van der Waals surface area contributed by atoms with Crippen LogP contribution in [0.5, 0.6) is 0 Å². The predicted molar refractivity (Wildman–Crippen MR) is 152 cm³/mol. The fourth-order valence-corrected chi connectivity index (χ4v) is 6.29. The fraction of sp³-hybridized carbons (Fsp3) is 0.469. The molecular weight excluding hydrogens is 472 g/mol. The quantitative estimate of drug-likeness (QED) is 0.354. The Morgan fingerprint density at radius 3 is 2.18 bits per heavy atom. The molecule has 5 rings (SSSR count). The van der Waals surface area contributed by atoms with Gasteiger partial charge in [0, 0.05) is 18.2 Å². The number of aromatic nitrogens is 2. The Morgan fingerprint density at radius 2 is 1.53 bits per heavy atom. The summed E-state index contributed by atoms with van der Waals surface area (Å²) in [5.74, 6) is 0.723. The summed E-state index contributed by atoms with van der Waals surface area (Å²) in [6.07, 6.45) is 15.2. The van der Waals surface area contributed by atoms with Gasteiger partial charge in [0.2, 0.25) is 11.8 Å². The molecule has 200 valence electrons. The lowest BCUT2D eigenvalue weighted by atomic mass is 9.88. The van der Waals surface area contributed by atoms with E-state index in [1.54, 1.807) is 12.2 Å². The molecule has 1 aromatic heterocycles. The second-order valence-corrected chi connectivity index (χ2v) is 10.9. The highest BCUT2D eigenvalue weighted by Crippen LogP contribution is 2.31. The molecule has 1 heterocycles. The van der Waals surface area contributed by atoms with E-state index in [2.05, 4.69) is 10.2 Å². The molecule has 6 nitrogen and oxygen atoms in total. The van der Waals surface area contributed by atoms with Crippen molar-refractivity contribution in [3.8, 4) is 0 Å². The Morgan fingerprint density at radius 1 is 0.921 bits per heavy atom. The third-order valence-electron chi connectivity index (χ3n) is 8.17. The van der Waals surface area contributed by atoms with E-state index in [-0.39, 0.29) is 24.4 Å². The van der Waals surface area contributed by atoms with E-state index < -0.39 is 0 Å². The molecule has 2 amide bonds. The van der Waals surface area contributed by atoms with Gasteiger partial charge in [-0.15, -0.1) is 0 Å². The third kappa shape index (κ3) is 6.17. The molecule has 3 aromatic rings. The Balaban J connectivity index is 1.38. The van der Waals surface area contributed by atoms with E-state index in [1.807, 2.05) is 66.1 Å². The van der Waals surface area contributed by atoms with Gasteiger partial charge in [-0.3, -0.25) is 9.59 Å². The standard InChI is InChI=1S/C32H40N4O2/c1-24(33-30(37)22-21-25-13-5-2-6-14-25)32-34-28-19-11-12-20-29(28)35(32)23-31(38)36(26-15-7-3-8-16-26)27-17-9-4-10-18-27/h2,5-6,11-14,19-22,24,26-27H,3-4,7-10,15-18,23H2,1H3,(H,33,37)/b22-21-. The van der Waals surface area contributed by atoms with Gasteiger partial charge in [-0.1, -0.05) is 81.0 Å². The smallest absolute Gasteiger partial charge is 0.244 e. The van der Waals surface area contributed by atoms with Crippen LogP contribution in [0.25, 0.3) is 17.1 Å². The molecule has 1 unspecified atom stereocenters. The van der Waals surface area contributed by atoms with E-state index in [1.165, 1.54) is 38.5 Å². The summed E-state index contributed by atoms with van der Waals surface area (Å²) >= 11 is 0. The minimum Gasteiger partial charge on any atom is -0.343 e. The monoisotopic (exact) mass is 512 g/mol. The molecule has 2 fully saturated rings. The van der Waals surface area contributed by atoms with Crippen molar-refractivity contribution in [2.75, 3.05) is 0 Å². The number of carbonyl (C=O) groups excluding carboxylic acids is 2. The molecule has 0 radical (unpaired) electrons. The van der Waals surface area contributed by atoms with Crippen molar-refractivity contribution in [3.63, 3.8) is 0 Å². The fourth-order valence-electron chi connectivity index (χ4n) is 6.29. The molecule has 0 spiro atoms. The van der Waals surface area contributed by atoms with Gasteiger partial charge in [0.05, 0.1) is 17.1 Å². The molecule has 1 atom stereocenters. The molecule has 0 aliphatic heterocycles. The van der Waals surface area contributed by atoms with Crippen LogP contribution in [0.2, 0.25) is 0 Å². The normalized spacial score (nSPS) is 18.0. The van der Waals surface area contributed by atoms with Crippen molar-refractivity contribution in [1.82, 2.24) is 19.8 Å². The predicted octanol–water partition coefficient (Wildman–Crippen LogP) is 6.42. The molecule has 2 saturated carbocycles. The second-order valence-electron chi connectivity index (χ2n) is 10.9. The average Bonchev–Trinajstić information content (AvgIpc) is 3.32. The highest BCUT2D eigenvalue weighted by atomic mass is 16.2. The first kappa shape index (κ1) is 26.2. The molecule has 1 N–H and O–H groups in total. The topological polar surface area (TPSA) is 67.2 Å². The Kier molecular flexibility index (Phi) is 8.57. The number of para-hydroxylation sites is 2. The zero-order chi connectivity index (χ0) is 26.3. The van der Waals surface area contributed by atoms with Crippen LogP contribution in [0, 0.1) is 0 Å². The van der Waals surface area contributed by atoms with Crippen LogP contribution in [0.3, 0.4) is 0 Å². The maximum atomic E-state index is 14.1. The number of hydrogen-bond acceptors (Lipinski definition) is 3. The SMILES string of the molecule is CC(NC(=O)/C=C\c1ccccc1)c1nc2ccccc2n1CC(=O)N(C1CCCCC1)C1CCCCC1. The van der Waals surface area contributed by atoms with Gasteiger partial charge < -0.3 is 14.8 Å². The summed E-state index contributed by atoms with van der Waals surface area (Å²) in [6.45, 7) is 2.19. The molecule has 38 heavy (non-hydrogen) atoms. The van der Waals surface area contributed by atoms with E-state index in [0.29, 0.717) is 17.9 Å². The summed E-state index contributed by atoms with van der Waals surface area (Å²) in [5, 5.41) is 3.06. The summed E-state index contributed by atoms with van der Waals surface area (Å²) in [4.78, 5) is 34.0. The van der Waals surface area contributed by atoms with Crippen molar-refractivity contribution in [1.29, 1.82) is 0 Å². The lowest BCUT2D eigenvalue weighted by Crippen LogP contribution is -2.50. The van der Waals surface area contributed by atoms with Gasteiger partial charge in [-0.05, 0) is 56.4 Å². The lowest BCUT2D eigenvalue weighted by Gasteiger charge is -2.42. The number of nitrogens with zero attached hydrogens (tertiary/aromatic N) is 3. The maximum Gasteiger partial charge on any atom is 0.244 e. The first-order valence-electron chi connectivity index (χ1n) is 14.4. The molecule has 2 aliphatic carbocycles. The van der Waals surface area contributed by atoms with E-state index in [9.17, 15) is 9.59 Å². The highest BCUT2D eigenvalue weighted by Gasteiger charge is 2.33. The molecule has 2 aromatic carbocycles.